The normalized spacial score (nSPS) is 20.5. The molecule has 0 rings (SSSR count). The number of hydrogen-bond donors (Lipinski definition) is 1. The molecule has 0 saturated heterocycles. The van der Waals surface area contributed by atoms with Crippen LogP contribution in [0.2, 0.25) is 0 Å². The lowest BCUT2D eigenvalue weighted by Crippen LogP contribution is -2.40. The standard InChI is InChI=1S/C17H37N/c1-9-10-14(4)16(6)17(7,11-12-18-8)15(5)13(2)3/h13-16,18H,9-12H2,1-8H3. The predicted molar refractivity (Wildman–Crippen MR) is 83.9 cm³/mol. The average Bonchev–Trinajstić information content (AvgIpc) is 2.34. The highest BCUT2D eigenvalue weighted by Gasteiger charge is 2.39. The molecule has 0 spiro atoms. The van der Waals surface area contributed by atoms with Crippen molar-refractivity contribution in [3.8, 4) is 0 Å². The highest BCUT2D eigenvalue weighted by atomic mass is 14.8. The molecule has 4 unspecified atom stereocenters. The van der Waals surface area contributed by atoms with Crippen LogP contribution in [0.1, 0.15) is 67.7 Å². The molecule has 18 heavy (non-hydrogen) atoms. The van der Waals surface area contributed by atoms with Gasteiger partial charge >= 0.3 is 0 Å². The Morgan fingerprint density at radius 2 is 1.56 bits per heavy atom. The Balaban J connectivity index is 4.94. The third kappa shape index (κ3) is 4.57. The lowest BCUT2D eigenvalue weighted by atomic mass is 9.60. The molecule has 0 aliphatic heterocycles. The Morgan fingerprint density at radius 3 is 1.94 bits per heavy atom. The molecular formula is C17H37N. The molecule has 0 heterocycles. The molecule has 0 radical (unpaired) electrons. The van der Waals surface area contributed by atoms with E-state index in [4.69, 9.17) is 0 Å². The molecule has 1 nitrogen and oxygen atoms in total. The van der Waals surface area contributed by atoms with Gasteiger partial charge in [0.05, 0.1) is 0 Å². The summed E-state index contributed by atoms with van der Waals surface area (Å²) in [4.78, 5) is 0. The van der Waals surface area contributed by atoms with Crippen molar-refractivity contribution in [1.29, 1.82) is 0 Å². The summed E-state index contributed by atoms with van der Waals surface area (Å²) in [6.07, 6.45) is 3.96. The smallest absolute Gasteiger partial charge is 0.00465 e. The molecule has 0 amide bonds. The fourth-order valence-electron chi connectivity index (χ4n) is 3.38. The van der Waals surface area contributed by atoms with Crippen LogP contribution in [-0.4, -0.2) is 13.6 Å². The van der Waals surface area contributed by atoms with Gasteiger partial charge in [-0.2, -0.15) is 0 Å². The van der Waals surface area contributed by atoms with Gasteiger partial charge in [-0.15, -0.1) is 0 Å². The minimum atomic E-state index is 0.450. The minimum absolute atomic E-state index is 0.450. The molecule has 0 aromatic carbocycles. The molecule has 4 atom stereocenters. The Morgan fingerprint density at radius 1 is 1.00 bits per heavy atom. The molecular weight excluding hydrogens is 218 g/mol. The maximum absolute atomic E-state index is 3.34. The van der Waals surface area contributed by atoms with E-state index in [0.717, 1.165) is 30.2 Å². The van der Waals surface area contributed by atoms with E-state index in [0.29, 0.717) is 5.41 Å². The second kappa shape index (κ2) is 8.19. The first kappa shape index (κ1) is 18.0. The Bertz CT molecular complexity index is 212. The quantitative estimate of drug-likeness (QED) is 0.613. The first-order chi connectivity index (χ1) is 8.31. The van der Waals surface area contributed by atoms with Crippen LogP contribution in [0.4, 0.5) is 0 Å². The molecule has 0 aliphatic carbocycles. The molecule has 0 aromatic heterocycles. The molecule has 110 valence electrons. The van der Waals surface area contributed by atoms with Crippen molar-refractivity contribution >= 4 is 0 Å². The van der Waals surface area contributed by atoms with Gasteiger partial charge in [-0.1, -0.05) is 61.3 Å². The van der Waals surface area contributed by atoms with Crippen molar-refractivity contribution in [1.82, 2.24) is 5.32 Å². The van der Waals surface area contributed by atoms with E-state index in [1.54, 1.807) is 0 Å². The van der Waals surface area contributed by atoms with Crippen LogP contribution in [0.15, 0.2) is 0 Å². The molecule has 1 N–H and O–H groups in total. The summed E-state index contributed by atoms with van der Waals surface area (Å²) < 4.78 is 0. The van der Waals surface area contributed by atoms with Gasteiger partial charge in [-0.05, 0) is 49.1 Å². The van der Waals surface area contributed by atoms with E-state index in [1.807, 2.05) is 0 Å². The fourth-order valence-corrected chi connectivity index (χ4v) is 3.38. The van der Waals surface area contributed by atoms with Gasteiger partial charge < -0.3 is 5.32 Å². The van der Waals surface area contributed by atoms with Gasteiger partial charge in [0.25, 0.3) is 0 Å². The summed E-state index contributed by atoms with van der Waals surface area (Å²) in [7, 11) is 2.07. The van der Waals surface area contributed by atoms with Crippen molar-refractivity contribution in [2.75, 3.05) is 13.6 Å². The first-order valence-corrected chi connectivity index (χ1v) is 7.95. The lowest BCUT2D eigenvalue weighted by molar-refractivity contribution is 0.0373. The first-order valence-electron chi connectivity index (χ1n) is 7.95. The third-order valence-corrected chi connectivity index (χ3v) is 5.59. The lowest BCUT2D eigenvalue weighted by Gasteiger charge is -2.46. The van der Waals surface area contributed by atoms with E-state index in [2.05, 4.69) is 60.8 Å². The van der Waals surface area contributed by atoms with Gasteiger partial charge in [-0.25, -0.2) is 0 Å². The van der Waals surface area contributed by atoms with Gasteiger partial charge in [0.2, 0.25) is 0 Å². The van der Waals surface area contributed by atoms with Gasteiger partial charge in [0.15, 0.2) is 0 Å². The van der Waals surface area contributed by atoms with Gasteiger partial charge in [0.1, 0.15) is 0 Å². The SMILES string of the molecule is CCCC(C)C(C)C(C)(CCNC)C(C)C(C)C. The van der Waals surface area contributed by atoms with Crippen LogP contribution in [0.25, 0.3) is 0 Å². The van der Waals surface area contributed by atoms with Crippen LogP contribution in [-0.2, 0) is 0 Å². The van der Waals surface area contributed by atoms with E-state index in [9.17, 15) is 0 Å². The van der Waals surface area contributed by atoms with Crippen LogP contribution >= 0.6 is 0 Å². The largest absolute Gasteiger partial charge is 0.320 e. The number of rotatable bonds is 9. The second-order valence-corrected chi connectivity index (χ2v) is 6.95. The van der Waals surface area contributed by atoms with E-state index in [-0.39, 0.29) is 0 Å². The zero-order chi connectivity index (χ0) is 14.3. The molecule has 0 fully saturated rings. The topological polar surface area (TPSA) is 12.0 Å². The summed E-state index contributed by atoms with van der Waals surface area (Å²) in [5.41, 5.74) is 0.450. The summed E-state index contributed by atoms with van der Waals surface area (Å²) in [5.74, 6) is 3.17. The van der Waals surface area contributed by atoms with E-state index < -0.39 is 0 Å². The third-order valence-electron chi connectivity index (χ3n) is 5.59. The number of nitrogens with one attached hydrogen (secondary N) is 1. The average molecular weight is 255 g/mol. The Labute approximate surface area is 116 Å². The maximum atomic E-state index is 3.34. The number of hydrogen-bond acceptors (Lipinski definition) is 1. The van der Waals surface area contributed by atoms with Crippen molar-refractivity contribution in [3.05, 3.63) is 0 Å². The molecule has 0 bridgehead atoms. The zero-order valence-electron chi connectivity index (χ0n) is 14.1. The van der Waals surface area contributed by atoms with Crippen LogP contribution in [0, 0.1) is 29.1 Å². The monoisotopic (exact) mass is 255 g/mol. The molecule has 0 saturated carbocycles. The Hall–Kier alpha value is -0.0400. The zero-order valence-corrected chi connectivity index (χ0v) is 14.1. The van der Waals surface area contributed by atoms with Crippen LogP contribution < -0.4 is 5.32 Å². The summed E-state index contributed by atoms with van der Waals surface area (Å²) >= 11 is 0. The molecule has 1 heteroatoms. The predicted octanol–water partition coefficient (Wildman–Crippen LogP) is 4.97. The van der Waals surface area contributed by atoms with E-state index >= 15 is 0 Å². The fraction of sp³-hybridized carbons (Fsp3) is 1.00. The molecule has 0 aliphatic rings. The highest BCUT2D eigenvalue weighted by Crippen LogP contribution is 2.46. The van der Waals surface area contributed by atoms with Crippen LogP contribution in [0.3, 0.4) is 0 Å². The maximum Gasteiger partial charge on any atom is -0.00465 e. The van der Waals surface area contributed by atoms with Gasteiger partial charge in [-0.3, -0.25) is 0 Å². The molecule has 0 aromatic rings. The summed E-state index contributed by atoms with van der Waals surface area (Å²) in [6.45, 7) is 18.1. The summed E-state index contributed by atoms with van der Waals surface area (Å²) in [5, 5.41) is 3.34. The Kier molecular flexibility index (Phi) is 8.18. The minimum Gasteiger partial charge on any atom is -0.320 e. The van der Waals surface area contributed by atoms with Crippen molar-refractivity contribution in [2.45, 2.75) is 67.7 Å². The summed E-state index contributed by atoms with van der Waals surface area (Å²) in [6, 6.07) is 0. The van der Waals surface area contributed by atoms with Crippen molar-refractivity contribution in [3.63, 3.8) is 0 Å². The van der Waals surface area contributed by atoms with Gasteiger partial charge in [0, 0.05) is 0 Å². The van der Waals surface area contributed by atoms with Crippen LogP contribution in [0.5, 0.6) is 0 Å². The van der Waals surface area contributed by atoms with E-state index in [1.165, 1.54) is 19.3 Å². The van der Waals surface area contributed by atoms with Crippen molar-refractivity contribution in [2.24, 2.45) is 29.1 Å². The highest BCUT2D eigenvalue weighted by molar-refractivity contribution is 4.88. The van der Waals surface area contributed by atoms with Crippen molar-refractivity contribution < 1.29 is 0 Å². The second-order valence-electron chi connectivity index (χ2n) is 6.95.